The minimum Gasteiger partial charge on any atom is -0.295 e. The number of hydrogen-bond donors (Lipinski definition) is 0. The molecule has 3 atom stereocenters. The van der Waals surface area contributed by atoms with Gasteiger partial charge < -0.3 is 0 Å². The molecule has 0 saturated carbocycles. The largest absolute Gasteiger partial charge is 0.295 e. The molecule has 0 spiro atoms. The number of Topliss-reactive ketones (excluding diaryl/α,β-unsaturated/α-hetero) is 1. The molecule has 0 aromatic carbocycles. The van der Waals surface area contributed by atoms with Gasteiger partial charge in [-0.3, -0.25) is 4.79 Å². The molecule has 0 bridgehead atoms. The lowest BCUT2D eigenvalue weighted by molar-refractivity contribution is -0.116. The molecule has 1 heteroatoms. The molecule has 90 valence electrons. The molecule has 3 aliphatic carbocycles. The summed E-state index contributed by atoms with van der Waals surface area (Å²) in [6, 6.07) is 0. The van der Waals surface area contributed by atoms with E-state index in [0.29, 0.717) is 23.0 Å². The van der Waals surface area contributed by atoms with Crippen molar-refractivity contribution in [3.63, 3.8) is 0 Å². The van der Waals surface area contributed by atoms with Crippen molar-refractivity contribution >= 4 is 5.78 Å². The lowest BCUT2D eigenvalue weighted by Gasteiger charge is -2.47. The van der Waals surface area contributed by atoms with Crippen molar-refractivity contribution in [1.82, 2.24) is 0 Å². The van der Waals surface area contributed by atoms with Crippen LogP contribution in [0.25, 0.3) is 0 Å². The number of carbonyl (C=O) groups is 1. The molecule has 3 aliphatic rings. The summed E-state index contributed by atoms with van der Waals surface area (Å²) in [6.45, 7) is 4.38. The molecule has 0 amide bonds. The van der Waals surface area contributed by atoms with Gasteiger partial charge in [0.05, 0.1) is 0 Å². The molecule has 0 aliphatic heterocycles. The SMILES string of the molecule is CC1=C2C=C[C@]3(C)CC=CCC3[C@@H]2CCC1=O. The van der Waals surface area contributed by atoms with E-state index in [4.69, 9.17) is 0 Å². The molecular formula is C16H20O. The topological polar surface area (TPSA) is 17.1 Å². The summed E-state index contributed by atoms with van der Waals surface area (Å²) >= 11 is 0. The molecule has 0 radical (unpaired) electrons. The minimum atomic E-state index is 0.323. The maximum absolute atomic E-state index is 11.8. The van der Waals surface area contributed by atoms with E-state index in [1.807, 2.05) is 6.92 Å². The van der Waals surface area contributed by atoms with Crippen LogP contribution in [0.15, 0.2) is 35.5 Å². The van der Waals surface area contributed by atoms with Gasteiger partial charge in [-0.2, -0.15) is 0 Å². The predicted molar refractivity (Wildman–Crippen MR) is 69.5 cm³/mol. The highest BCUT2D eigenvalue weighted by atomic mass is 16.1. The Hall–Kier alpha value is -1.11. The summed E-state index contributed by atoms with van der Waals surface area (Å²) in [5.41, 5.74) is 2.68. The second kappa shape index (κ2) is 3.69. The van der Waals surface area contributed by atoms with Gasteiger partial charge in [-0.25, -0.2) is 0 Å². The monoisotopic (exact) mass is 228 g/mol. The summed E-state index contributed by atoms with van der Waals surface area (Å²) in [7, 11) is 0. The number of fused-ring (bicyclic) bond motifs is 3. The fraction of sp³-hybridized carbons (Fsp3) is 0.562. The summed E-state index contributed by atoms with van der Waals surface area (Å²) in [4.78, 5) is 11.8. The molecule has 17 heavy (non-hydrogen) atoms. The van der Waals surface area contributed by atoms with Crippen LogP contribution in [0.4, 0.5) is 0 Å². The highest BCUT2D eigenvalue weighted by Gasteiger charge is 2.43. The van der Waals surface area contributed by atoms with Crippen molar-refractivity contribution in [2.75, 3.05) is 0 Å². The number of hydrogen-bond acceptors (Lipinski definition) is 1. The van der Waals surface area contributed by atoms with Gasteiger partial charge in [0.2, 0.25) is 0 Å². The van der Waals surface area contributed by atoms with E-state index in [9.17, 15) is 4.79 Å². The van der Waals surface area contributed by atoms with Gasteiger partial charge >= 0.3 is 0 Å². The lowest BCUT2D eigenvalue weighted by Crippen LogP contribution is -2.38. The van der Waals surface area contributed by atoms with Crippen LogP contribution in [-0.4, -0.2) is 5.78 Å². The number of ketones is 1. The number of allylic oxidation sites excluding steroid dienone is 6. The van der Waals surface area contributed by atoms with Gasteiger partial charge in [0.25, 0.3) is 0 Å². The second-order valence-electron chi connectivity index (χ2n) is 6.01. The molecule has 3 rings (SSSR count). The van der Waals surface area contributed by atoms with Gasteiger partial charge in [0, 0.05) is 6.42 Å². The van der Waals surface area contributed by atoms with Crippen molar-refractivity contribution in [3.05, 3.63) is 35.5 Å². The third-order valence-corrected chi connectivity index (χ3v) is 5.02. The average Bonchev–Trinajstić information content (AvgIpc) is 2.33. The smallest absolute Gasteiger partial charge is 0.158 e. The molecule has 1 unspecified atom stereocenters. The third kappa shape index (κ3) is 1.55. The zero-order chi connectivity index (χ0) is 12.0. The molecule has 0 N–H and O–H groups in total. The van der Waals surface area contributed by atoms with E-state index < -0.39 is 0 Å². The van der Waals surface area contributed by atoms with Crippen LogP contribution in [0.1, 0.15) is 39.5 Å². The van der Waals surface area contributed by atoms with Crippen molar-refractivity contribution in [2.24, 2.45) is 17.3 Å². The highest BCUT2D eigenvalue weighted by molar-refractivity contribution is 5.97. The Morgan fingerprint density at radius 3 is 3.00 bits per heavy atom. The van der Waals surface area contributed by atoms with Crippen LogP contribution in [0.5, 0.6) is 0 Å². The van der Waals surface area contributed by atoms with E-state index in [0.717, 1.165) is 24.8 Å². The first-order chi connectivity index (χ1) is 8.12. The summed E-state index contributed by atoms with van der Waals surface area (Å²) in [5.74, 6) is 1.68. The normalized spacial score (nSPS) is 40.2. The molecule has 0 saturated heterocycles. The van der Waals surface area contributed by atoms with Crippen LogP contribution in [0.3, 0.4) is 0 Å². The van der Waals surface area contributed by atoms with Crippen molar-refractivity contribution in [2.45, 2.75) is 39.5 Å². The third-order valence-electron chi connectivity index (χ3n) is 5.02. The predicted octanol–water partition coefficient (Wildman–Crippen LogP) is 3.82. The van der Waals surface area contributed by atoms with Gasteiger partial charge in [0.1, 0.15) is 0 Å². The fourth-order valence-electron chi connectivity index (χ4n) is 3.83. The second-order valence-corrected chi connectivity index (χ2v) is 6.01. The van der Waals surface area contributed by atoms with Crippen LogP contribution < -0.4 is 0 Å². The fourth-order valence-corrected chi connectivity index (χ4v) is 3.83. The van der Waals surface area contributed by atoms with Gasteiger partial charge in [-0.1, -0.05) is 31.2 Å². The van der Waals surface area contributed by atoms with Crippen LogP contribution in [-0.2, 0) is 4.79 Å². The minimum absolute atomic E-state index is 0.323. The van der Waals surface area contributed by atoms with Crippen molar-refractivity contribution < 1.29 is 4.79 Å². The number of carbonyl (C=O) groups excluding carboxylic acids is 1. The first kappa shape index (κ1) is 11.0. The standard InChI is InChI=1S/C16H20O/c1-11-12-8-10-16(2)9-4-3-5-14(16)13(12)6-7-15(11)17/h3-4,8,10,13-14H,5-7,9H2,1-2H3/t13-,14?,16+/m1/s1. The van der Waals surface area contributed by atoms with E-state index in [1.165, 1.54) is 12.0 Å². The quantitative estimate of drug-likeness (QED) is 0.576. The molecule has 1 nitrogen and oxygen atoms in total. The Bertz CT molecular complexity index is 452. The van der Waals surface area contributed by atoms with Gasteiger partial charge in [-0.15, -0.1) is 0 Å². The van der Waals surface area contributed by atoms with Gasteiger partial charge in [0.15, 0.2) is 5.78 Å². The summed E-state index contributed by atoms with van der Waals surface area (Å²) in [6.07, 6.45) is 13.4. The van der Waals surface area contributed by atoms with E-state index >= 15 is 0 Å². The molecule has 0 heterocycles. The van der Waals surface area contributed by atoms with Crippen LogP contribution in [0, 0.1) is 17.3 Å². The Labute approximate surface area is 103 Å². The average molecular weight is 228 g/mol. The van der Waals surface area contributed by atoms with Crippen LogP contribution >= 0.6 is 0 Å². The zero-order valence-electron chi connectivity index (χ0n) is 10.7. The van der Waals surface area contributed by atoms with Crippen molar-refractivity contribution in [1.29, 1.82) is 0 Å². The zero-order valence-corrected chi connectivity index (χ0v) is 10.7. The van der Waals surface area contributed by atoms with Crippen LogP contribution in [0.2, 0.25) is 0 Å². The first-order valence-electron chi connectivity index (χ1n) is 6.70. The Balaban J connectivity index is 2.08. The Morgan fingerprint density at radius 2 is 2.18 bits per heavy atom. The first-order valence-corrected chi connectivity index (χ1v) is 6.70. The Kier molecular flexibility index (Phi) is 2.39. The van der Waals surface area contributed by atoms with E-state index in [2.05, 4.69) is 31.2 Å². The lowest BCUT2D eigenvalue weighted by atomic mass is 9.57. The maximum Gasteiger partial charge on any atom is 0.158 e. The molecule has 0 fully saturated rings. The van der Waals surface area contributed by atoms with Gasteiger partial charge in [-0.05, 0) is 54.6 Å². The molecule has 0 aromatic rings. The molecule has 0 aromatic heterocycles. The summed E-state index contributed by atoms with van der Waals surface area (Å²) in [5, 5.41) is 0. The summed E-state index contributed by atoms with van der Waals surface area (Å²) < 4.78 is 0. The Morgan fingerprint density at radius 1 is 1.35 bits per heavy atom. The van der Waals surface area contributed by atoms with E-state index in [-0.39, 0.29) is 0 Å². The molecular weight excluding hydrogens is 208 g/mol. The number of rotatable bonds is 0. The van der Waals surface area contributed by atoms with Crippen molar-refractivity contribution in [3.8, 4) is 0 Å². The maximum atomic E-state index is 11.8. The highest BCUT2D eigenvalue weighted by Crippen LogP contribution is 2.52. The van der Waals surface area contributed by atoms with E-state index in [1.54, 1.807) is 0 Å².